The molecule has 27 heavy (non-hydrogen) atoms. The third kappa shape index (κ3) is 4.32. The fourth-order valence-electron chi connectivity index (χ4n) is 4.06. The second kappa shape index (κ2) is 7.47. The first-order valence-corrected chi connectivity index (χ1v) is 12.2. The molecule has 1 saturated carbocycles. The Morgan fingerprint density at radius 1 is 1.22 bits per heavy atom. The first-order chi connectivity index (χ1) is 12.9. The smallest absolute Gasteiger partial charge is 0.251 e. The molecule has 3 aliphatic rings. The van der Waals surface area contributed by atoms with Crippen molar-refractivity contribution in [1.82, 2.24) is 5.32 Å². The average Bonchev–Trinajstić information content (AvgIpc) is 3.09. The van der Waals surface area contributed by atoms with Crippen LogP contribution in [0.25, 0.3) is 0 Å². The van der Waals surface area contributed by atoms with Crippen molar-refractivity contribution in [1.29, 1.82) is 0 Å². The predicted molar refractivity (Wildman–Crippen MR) is 110 cm³/mol. The number of thioether (sulfide) groups is 1. The third-order valence-corrected chi connectivity index (χ3v) is 8.76. The monoisotopic (exact) mass is 407 g/mol. The Bertz CT molecular complexity index is 869. The van der Waals surface area contributed by atoms with Crippen molar-refractivity contribution in [2.75, 3.05) is 16.8 Å². The number of rotatable bonds is 3. The number of amidine groups is 1. The fourth-order valence-corrected chi connectivity index (χ4v) is 7.74. The number of hydrogen-bond acceptors (Lipinski definition) is 6. The highest BCUT2D eigenvalue weighted by Crippen LogP contribution is 2.34. The minimum Gasteiger partial charge on any atom is -0.349 e. The summed E-state index contributed by atoms with van der Waals surface area (Å²) in [6, 6.07) is 7.50. The van der Waals surface area contributed by atoms with E-state index in [9.17, 15) is 13.2 Å². The zero-order valence-electron chi connectivity index (χ0n) is 15.3. The van der Waals surface area contributed by atoms with Crippen molar-refractivity contribution in [2.45, 2.75) is 49.9 Å². The van der Waals surface area contributed by atoms with Crippen molar-refractivity contribution in [3.05, 3.63) is 29.8 Å². The molecule has 0 unspecified atom stereocenters. The molecule has 146 valence electrons. The Kier molecular flexibility index (Phi) is 5.20. The van der Waals surface area contributed by atoms with Gasteiger partial charge in [0.2, 0.25) is 0 Å². The zero-order chi connectivity index (χ0) is 19.0. The van der Waals surface area contributed by atoms with Crippen LogP contribution in [0.4, 0.5) is 5.69 Å². The number of nitrogens with zero attached hydrogens (tertiary/aromatic N) is 1. The van der Waals surface area contributed by atoms with Gasteiger partial charge in [0.25, 0.3) is 5.91 Å². The number of sulfone groups is 1. The van der Waals surface area contributed by atoms with Crippen molar-refractivity contribution in [3.63, 3.8) is 0 Å². The van der Waals surface area contributed by atoms with Gasteiger partial charge in [-0.15, -0.1) is 0 Å². The molecule has 1 aliphatic carbocycles. The van der Waals surface area contributed by atoms with Gasteiger partial charge in [-0.25, -0.2) is 8.42 Å². The van der Waals surface area contributed by atoms with Crippen LogP contribution in [0, 0.1) is 5.92 Å². The molecule has 1 aromatic rings. The van der Waals surface area contributed by atoms with Crippen LogP contribution in [-0.4, -0.2) is 48.3 Å². The SMILES string of the molecule is C[C@@H]1CCCC[C@@H]1NC(=O)c1cccc(NC2=N[C@H]3CS(=O)(=O)C[C@H]3S2)c1. The molecular weight excluding hydrogens is 382 g/mol. The molecule has 4 rings (SSSR count). The number of benzene rings is 1. The Morgan fingerprint density at radius 2 is 2.04 bits per heavy atom. The van der Waals surface area contributed by atoms with E-state index in [0.717, 1.165) is 17.3 Å². The lowest BCUT2D eigenvalue weighted by molar-refractivity contribution is 0.0910. The van der Waals surface area contributed by atoms with Crippen molar-refractivity contribution in [3.8, 4) is 0 Å². The Labute approximate surface area is 164 Å². The lowest BCUT2D eigenvalue weighted by atomic mass is 9.86. The minimum absolute atomic E-state index is 0.0109. The molecule has 1 aromatic carbocycles. The van der Waals surface area contributed by atoms with Crippen LogP contribution in [0.1, 0.15) is 43.0 Å². The lowest BCUT2D eigenvalue weighted by Gasteiger charge is -2.29. The molecule has 4 atom stereocenters. The van der Waals surface area contributed by atoms with E-state index < -0.39 is 9.84 Å². The molecule has 1 saturated heterocycles. The van der Waals surface area contributed by atoms with E-state index in [2.05, 4.69) is 22.5 Å². The molecule has 2 heterocycles. The summed E-state index contributed by atoms with van der Waals surface area (Å²) >= 11 is 1.48. The molecule has 0 bridgehead atoms. The quantitative estimate of drug-likeness (QED) is 0.804. The van der Waals surface area contributed by atoms with Crippen LogP contribution < -0.4 is 10.6 Å². The zero-order valence-corrected chi connectivity index (χ0v) is 17.0. The molecule has 2 N–H and O–H groups in total. The summed E-state index contributed by atoms with van der Waals surface area (Å²) in [4.78, 5) is 17.1. The number of aliphatic imine (C=N–C) groups is 1. The number of nitrogens with one attached hydrogen (secondary N) is 2. The first kappa shape index (κ1) is 18.8. The molecule has 2 fully saturated rings. The van der Waals surface area contributed by atoms with Crippen LogP contribution in [0.3, 0.4) is 0 Å². The van der Waals surface area contributed by atoms with Crippen LogP contribution >= 0.6 is 11.8 Å². The summed E-state index contributed by atoms with van der Waals surface area (Å²) in [6.45, 7) is 2.20. The largest absolute Gasteiger partial charge is 0.349 e. The third-order valence-electron chi connectivity index (χ3n) is 5.62. The van der Waals surface area contributed by atoms with Gasteiger partial charge in [0.05, 0.1) is 17.5 Å². The molecular formula is C19H25N3O3S2. The highest BCUT2D eigenvalue weighted by atomic mass is 32.2. The minimum atomic E-state index is -2.95. The first-order valence-electron chi connectivity index (χ1n) is 9.52. The Balaban J connectivity index is 1.40. The van der Waals surface area contributed by atoms with E-state index in [1.807, 2.05) is 24.3 Å². The molecule has 2 aliphatic heterocycles. The van der Waals surface area contributed by atoms with Crippen molar-refractivity contribution >= 4 is 38.4 Å². The Morgan fingerprint density at radius 3 is 2.81 bits per heavy atom. The van der Waals surface area contributed by atoms with E-state index in [1.165, 1.54) is 31.0 Å². The number of carbonyl (C=O) groups is 1. The molecule has 1 amide bonds. The Hall–Kier alpha value is -1.54. The molecule has 0 radical (unpaired) electrons. The second-order valence-electron chi connectivity index (χ2n) is 7.78. The molecule has 6 nitrogen and oxygen atoms in total. The maximum atomic E-state index is 12.6. The van der Waals surface area contributed by atoms with Gasteiger partial charge in [-0.1, -0.05) is 37.6 Å². The highest BCUT2D eigenvalue weighted by molar-refractivity contribution is 8.15. The van der Waals surface area contributed by atoms with E-state index in [4.69, 9.17) is 0 Å². The van der Waals surface area contributed by atoms with Gasteiger partial charge in [0.15, 0.2) is 15.0 Å². The fraction of sp³-hybridized carbons (Fsp3) is 0.579. The van der Waals surface area contributed by atoms with Crippen LogP contribution in [0.2, 0.25) is 0 Å². The summed E-state index contributed by atoms with van der Waals surface area (Å²) in [7, 11) is -2.95. The van der Waals surface area contributed by atoms with Gasteiger partial charge < -0.3 is 10.6 Å². The van der Waals surface area contributed by atoms with Gasteiger partial charge in [-0.05, 0) is 37.0 Å². The summed E-state index contributed by atoms with van der Waals surface area (Å²) in [5, 5.41) is 7.17. The summed E-state index contributed by atoms with van der Waals surface area (Å²) in [5.41, 5.74) is 1.43. The summed E-state index contributed by atoms with van der Waals surface area (Å²) in [6.07, 6.45) is 4.63. The normalized spacial score (nSPS) is 31.8. The predicted octanol–water partition coefficient (Wildman–Crippen LogP) is 2.68. The molecule has 0 aromatic heterocycles. The van der Waals surface area contributed by atoms with Gasteiger partial charge >= 0.3 is 0 Å². The summed E-state index contributed by atoms with van der Waals surface area (Å²) < 4.78 is 23.3. The van der Waals surface area contributed by atoms with E-state index >= 15 is 0 Å². The van der Waals surface area contributed by atoms with E-state index in [1.54, 1.807) is 0 Å². The second-order valence-corrected chi connectivity index (χ2v) is 11.2. The van der Waals surface area contributed by atoms with Gasteiger partial charge in [0, 0.05) is 22.5 Å². The molecule has 8 heteroatoms. The lowest BCUT2D eigenvalue weighted by Crippen LogP contribution is -2.41. The standard InChI is InChI=1S/C19H25N3O3S2/c1-12-5-2-3-8-15(12)21-18(23)13-6-4-7-14(9-13)20-19-22-16-10-27(24,25)11-17(16)26-19/h4,6-7,9,12,15-17H,2-3,5,8,10-11H2,1H3,(H,20,22)(H,21,23)/t12-,15+,16+,17-/m1/s1. The van der Waals surface area contributed by atoms with Crippen molar-refractivity contribution < 1.29 is 13.2 Å². The maximum Gasteiger partial charge on any atom is 0.251 e. The number of carbonyl (C=O) groups excluding carboxylic acids is 1. The molecule has 0 spiro atoms. The number of amides is 1. The average molecular weight is 408 g/mol. The van der Waals surface area contributed by atoms with Crippen LogP contribution in [0.15, 0.2) is 29.3 Å². The van der Waals surface area contributed by atoms with E-state index in [-0.39, 0.29) is 34.7 Å². The maximum absolute atomic E-state index is 12.6. The number of fused-ring (bicyclic) bond motifs is 1. The summed E-state index contributed by atoms with van der Waals surface area (Å²) in [5.74, 6) is 0.807. The van der Waals surface area contributed by atoms with Gasteiger partial charge in [-0.2, -0.15) is 0 Å². The van der Waals surface area contributed by atoms with Crippen molar-refractivity contribution in [2.24, 2.45) is 10.9 Å². The van der Waals surface area contributed by atoms with Gasteiger partial charge in [0.1, 0.15) is 0 Å². The van der Waals surface area contributed by atoms with Crippen LogP contribution in [0.5, 0.6) is 0 Å². The number of hydrogen-bond donors (Lipinski definition) is 2. The highest BCUT2D eigenvalue weighted by Gasteiger charge is 2.42. The number of anilines is 1. The van der Waals surface area contributed by atoms with Crippen LogP contribution in [-0.2, 0) is 9.84 Å². The van der Waals surface area contributed by atoms with E-state index in [0.29, 0.717) is 11.5 Å². The topological polar surface area (TPSA) is 87.6 Å². The van der Waals surface area contributed by atoms with Gasteiger partial charge in [-0.3, -0.25) is 9.79 Å².